The van der Waals surface area contributed by atoms with Crippen molar-refractivity contribution in [1.29, 1.82) is 0 Å². The van der Waals surface area contributed by atoms with Gasteiger partial charge in [-0.05, 0) is 29.3 Å². The molecule has 22 heavy (non-hydrogen) atoms. The molecule has 2 atom stereocenters. The molecule has 0 saturated carbocycles. The van der Waals surface area contributed by atoms with Crippen LogP contribution in [-0.2, 0) is 4.79 Å². The van der Waals surface area contributed by atoms with E-state index >= 15 is 0 Å². The number of hydrogen-bond acceptors (Lipinski definition) is 3. The zero-order chi connectivity index (χ0) is 16.1. The van der Waals surface area contributed by atoms with E-state index in [-0.39, 0.29) is 0 Å². The fourth-order valence-electron chi connectivity index (χ4n) is 2.43. The van der Waals surface area contributed by atoms with E-state index in [0.29, 0.717) is 22.4 Å². The quantitative estimate of drug-likeness (QED) is 0.461. The first-order chi connectivity index (χ1) is 10.5. The molecule has 0 radical (unpaired) electrons. The summed E-state index contributed by atoms with van der Waals surface area (Å²) in [5.74, 6) is -1.93. The number of benzene rings is 2. The largest absolute Gasteiger partial charge is 0.303 e. The fraction of sp³-hybridized carbons (Fsp3) is 0.188. The molecule has 114 valence electrons. The highest BCUT2D eigenvalue weighted by atomic mass is 35.5. The Kier molecular flexibility index (Phi) is 5.22. The average Bonchev–Trinajstić information content (AvgIpc) is 2.49. The summed E-state index contributed by atoms with van der Waals surface area (Å²) in [6.45, 7) is -0.444. The average molecular weight is 322 g/mol. The van der Waals surface area contributed by atoms with Crippen LogP contribution < -0.4 is 0 Å². The third-order valence-corrected chi connectivity index (χ3v) is 3.83. The summed E-state index contributed by atoms with van der Waals surface area (Å²) in [7, 11) is 0. The van der Waals surface area contributed by atoms with Crippen molar-refractivity contribution in [1.82, 2.24) is 0 Å². The van der Waals surface area contributed by atoms with Crippen LogP contribution in [0.3, 0.4) is 0 Å². The summed E-state index contributed by atoms with van der Waals surface area (Å²) in [5.41, 5.74) is 1.05. The summed E-state index contributed by atoms with van der Waals surface area (Å²) in [6.07, 6.45) is 0.652. The Morgan fingerprint density at radius 1 is 1.18 bits per heavy atom. The van der Waals surface area contributed by atoms with E-state index in [1.54, 1.807) is 24.3 Å². The Hall–Kier alpha value is -2.27. The molecule has 0 fully saturated rings. The van der Waals surface area contributed by atoms with Gasteiger partial charge in [-0.3, -0.25) is 10.1 Å². The van der Waals surface area contributed by atoms with Gasteiger partial charge in [-0.15, -0.1) is 0 Å². The standard InChI is InChI=1S/C16H13ClFNO3/c17-16-4-2-1-3-13(16)15(10-20)14(9-19(21)22)11-5-7-12(18)8-6-11/h1-8,10,14-15H,9H2/t14-,15+/m1/s1. The second-order valence-electron chi connectivity index (χ2n) is 4.86. The Bertz CT molecular complexity index is 675. The Labute approximate surface area is 131 Å². The Balaban J connectivity index is 2.46. The number of rotatable bonds is 6. The van der Waals surface area contributed by atoms with E-state index in [1.807, 2.05) is 0 Å². The molecule has 0 amide bonds. The Morgan fingerprint density at radius 3 is 2.36 bits per heavy atom. The zero-order valence-corrected chi connectivity index (χ0v) is 12.2. The van der Waals surface area contributed by atoms with E-state index in [9.17, 15) is 19.3 Å². The van der Waals surface area contributed by atoms with Crippen LogP contribution in [0, 0.1) is 15.9 Å². The van der Waals surface area contributed by atoms with Crippen molar-refractivity contribution in [3.05, 3.63) is 80.6 Å². The molecule has 0 unspecified atom stereocenters. The van der Waals surface area contributed by atoms with Gasteiger partial charge in [0.2, 0.25) is 6.54 Å². The van der Waals surface area contributed by atoms with Gasteiger partial charge in [-0.25, -0.2) is 4.39 Å². The van der Waals surface area contributed by atoms with Gasteiger partial charge in [0.05, 0.1) is 11.8 Å². The molecule has 0 spiro atoms. The normalized spacial score (nSPS) is 13.4. The minimum absolute atomic E-state index is 0.370. The number of nitrogens with zero attached hydrogens (tertiary/aromatic N) is 1. The van der Waals surface area contributed by atoms with Gasteiger partial charge in [0, 0.05) is 9.95 Å². The first-order valence-corrected chi connectivity index (χ1v) is 6.97. The molecule has 0 saturated heterocycles. The molecule has 0 aliphatic heterocycles. The monoisotopic (exact) mass is 321 g/mol. The molecule has 2 aromatic carbocycles. The third-order valence-electron chi connectivity index (χ3n) is 3.49. The molecule has 6 heteroatoms. The predicted octanol–water partition coefficient (Wildman–Crippen LogP) is 3.82. The molecule has 2 aromatic rings. The first-order valence-electron chi connectivity index (χ1n) is 6.60. The summed E-state index contributed by atoms with van der Waals surface area (Å²) in [5, 5.41) is 11.3. The maximum Gasteiger partial charge on any atom is 0.211 e. The van der Waals surface area contributed by atoms with Crippen molar-refractivity contribution in [2.45, 2.75) is 11.8 Å². The number of carbonyl (C=O) groups is 1. The van der Waals surface area contributed by atoms with Crippen molar-refractivity contribution in [2.24, 2.45) is 0 Å². The lowest BCUT2D eigenvalue weighted by molar-refractivity contribution is -0.483. The molecular formula is C16H13ClFNO3. The van der Waals surface area contributed by atoms with Crippen LogP contribution >= 0.6 is 11.6 Å². The van der Waals surface area contributed by atoms with Crippen LogP contribution in [-0.4, -0.2) is 17.8 Å². The molecule has 0 heterocycles. The molecule has 0 bridgehead atoms. The van der Waals surface area contributed by atoms with E-state index in [4.69, 9.17) is 11.6 Å². The van der Waals surface area contributed by atoms with Crippen LogP contribution in [0.25, 0.3) is 0 Å². The van der Waals surface area contributed by atoms with Gasteiger partial charge >= 0.3 is 0 Å². The molecular weight excluding hydrogens is 309 g/mol. The highest BCUT2D eigenvalue weighted by Gasteiger charge is 2.30. The van der Waals surface area contributed by atoms with Gasteiger partial charge < -0.3 is 4.79 Å². The highest BCUT2D eigenvalue weighted by Crippen LogP contribution is 2.35. The smallest absolute Gasteiger partial charge is 0.211 e. The minimum atomic E-state index is -0.774. The van der Waals surface area contributed by atoms with Crippen molar-refractivity contribution >= 4 is 17.9 Å². The van der Waals surface area contributed by atoms with Gasteiger partial charge in [0.1, 0.15) is 12.1 Å². The molecule has 0 N–H and O–H groups in total. The van der Waals surface area contributed by atoms with Gasteiger partial charge in [0.25, 0.3) is 0 Å². The fourth-order valence-corrected chi connectivity index (χ4v) is 2.69. The number of nitro groups is 1. The lowest BCUT2D eigenvalue weighted by Gasteiger charge is -2.21. The van der Waals surface area contributed by atoms with Crippen LogP contribution in [0.5, 0.6) is 0 Å². The van der Waals surface area contributed by atoms with Crippen molar-refractivity contribution in [3.63, 3.8) is 0 Å². The topological polar surface area (TPSA) is 60.2 Å². The number of aldehydes is 1. The second kappa shape index (κ2) is 7.13. The maximum atomic E-state index is 13.1. The SMILES string of the molecule is O=C[C@@H](c1ccccc1Cl)[C@H](C[N+](=O)[O-])c1ccc(F)cc1. The molecule has 0 aliphatic rings. The third kappa shape index (κ3) is 3.68. The summed E-state index contributed by atoms with van der Waals surface area (Å²) in [6, 6.07) is 12.1. The van der Waals surface area contributed by atoms with Crippen molar-refractivity contribution in [3.8, 4) is 0 Å². The van der Waals surface area contributed by atoms with Gasteiger partial charge in [-0.1, -0.05) is 41.9 Å². The molecule has 0 aliphatic carbocycles. The predicted molar refractivity (Wildman–Crippen MR) is 81.3 cm³/mol. The molecule has 2 rings (SSSR count). The van der Waals surface area contributed by atoms with Crippen molar-refractivity contribution < 1.29 is 14.1 Å². The van der Waals surface area contributed by atoms with E-state index in [0.717, 1.165) is 0 Å². The van der Waals surface area contributed by atoms with Gasteiger partial charge in [0.15, 0.2) is 0 Å². The van der Waals surface area contributed by atoms with Crippen LogP contribution in [0.4, 0.5) is 4.39 Å². The lowest BCUT2D eigenvalue weighted by Crippen LogP contribution is -2.21. The number of halogens is 2. The van der Waals surface area contributed by atoms with Crippen LogP contribution in [0.2, 0.25) is 5.02 Å². The maximum absolute atomic E-state index is 13.1. The van der Waals surface area contributed by atoms with E-state index in [1.165, 1.54) is 24.3 Å². The lowest BCUT2D eigenvalue weighted by atomic mass is 9.82. The van der Waals surface area contributed by atoms with Gasteiger partial charge in [-0.2, -0.15) is 0 Å². The second-order valence-corrected chi connectivity index (χ2v) is 5.26. The van der Waals surface area contributed by atoms with E-state index < -0.39 is 29.1 Å². The molecule has 0 aromatic heterocycles. The highest BCUT2D eigenvalue weighted by molar-refractivity contribution is 6.31. The minimum Gasteiger partial charge on any atom is -0.303 e. The van der Waals surface area contributed by atoms with Crippen molar-refractivity contribution in [2.75, 3.05) is 6.54 Å². The summed E-state index contributed by atoms with van der Waals surface area (Å²) >= 11 is 6.10. The number of hydrogen-bond donors (Lipinski definition) is 0. The van der Waals surface area contributed by atoms with Crippen LogP contribution in [0.1, 0.15) is 23.0 Å². The molecule has 4 nitrogen and oxygen atoms in total. The Morgan fingerprint density at radius 2 is 1.82 bits per heavy atom. The number of carbonyl (C=O) groups excluding carboxylic acids is 1. The van der Waals surface area contributed by atoms with E-state index in [2.05, 4.69) is 0 Å². The summed E-state index contributed by atoms with van der Waals surface area (Å²) in [4.78, 5) is 22.1. The first kappa shape index (κ1) is 16.1. The van der Waals surface area contributed by atoms with Crippen LogP contribution in [0.15, 0.2) is 48.5 Å². The zero-order valence-electron chi connectivity index (χ0n) is 11.5. The summed E-state index contributed by atoms with van der Waals surface area (Å²) < 4.78 is 13.1.